The normalized spacial score (nSPS) is 9.83. The average Bonchev–Trinajstić information content (AvgIpc) is 2.56. The van der Waals surface area contributed by atoms with E-state index in [1.807, 2.05) is 30.3 Å². The molecule has 1 heterocycles. The fraction of sp³-hybridized carbons (Fsp3) is 0.143. The summed E-state index contributed by atoms with van der Waals surface area (Å²) in [4.78, 5) is 35.3. The molecule has 120 valence electrons. The number of carbonyl (C=O) groups excluding carboxylic acids is 1. The van der Waals surface area contributed by atoms with Gasteiger partial charge >= 0.3 is 5.69 Å². The standard InChI is InChI=1S/C14H15N5O3S/c1-18-11(8-12(20)19(2)14(18)22)13(21)16-15-9-23-17-10-6-4-3-5-7-10/h3-8,15,17H,1-2H3,(H,16,21). The van der Waals surface area contributed by atoms with Crippen LogP contribution in [0.15, 0.2) is 46.0 Å². The molecule has 0 spiro atoms. The molecule has 0 unspecified atom stereocenters. The lowest BCUT2D eigenvalue weighted by Crippen LogP contribution is -2.43. The van der Waals surface area contributed by atoms with Gasteiger partial charge in [-0.3, -0.25) is 24.1 Å². The van der Waals surface area contributed by atoms with E-state index in [4.69, 9.17) is 0 Å². The molecule has 3 N–H and O–H groups in total. The molecule has 1 aromatic carbocycles. The number of hydrogen-bond acceptors (Lipinski definition) is 5. The Bertz CT molecular complexity index is 893. The van der Waals surface area contributed by atoms with E-state index in [0.29, 0.717) is 0 Å². The zero-order chi connectivity index (χ0) is 16.8. The lowest BCUT2D eigenvalue weighted by molar-refractivity contribution is 0.0932. The summed E-state index contributed by atoms with van der Waals surface area (Å²) in [6.45, 7) is 0. The molecule has 9 heteroatoms. The van der Waals surface area contributed by atoms with E-state index in [2.05, 4.69) is 20.9 Å². The van der Waals surface area contributed by atoms with Crippen molar-refractivity contribution in [2.24, 2.45) is 14.1 Å². The van der Waals surface area contributed by atoms with E-state index in [1.54, 1.807) is 0 Å². The molecular weight excluding hydrogens is 318 g/mol. The van der Waals surface area contributed by atoms with Crippen LogP contribution in [0.2, 0.25) is 0 Å². The highest BCUT2D eigenvalue weighted by Gasteiger charge is 2.12. The van der Waals surface area contributed by atoms with Crippen LogP contribution in [0.3, 0.4) is 0 Å². The van der Waals surface area contributed by atoms with Crippen LogP contribution >= 0.6 is 11.4 Å². The number of hydrogen-bond donors (Lipinski definition) is 3. The second kappa shape index (κ2) is 7.41. The van der Waals surface area contributed by atoms with Crippen molar-refractivity contribution in [3.05, 3.63) is 62.9 Å². The molecule has 23 heavy (non-hydrogen) atoms. The molecule has 0 radical (unpaired) electrons. The van der Waals surface area contributed by atoms with Crippen LogP contribution in [0.5, 0.6) is 0 Å². The summed E-state index contributed by atoms with van der Waals surface area (Å²) >= 11 is 1.10. The van der Waals surface area contributed by atoms with Crippen LogP contribution < -0.4 is 26.8 Å². The van der Waals surface area contributed by atoms with Crippen molar-refractivity contribution in [1.82, 2.24) is 20.0 Å². The minimum atomic E-state index is -0.616. The Morgan fingerprint density at radius 2 is 1.83 bits per heavy atom. The SMILES string of the molecule is Cn1c(C(=O)NNC#SNc2ccccc2)cc(=O)n(C)c1=O. The molecule has 2 aromatic rings. The monoisotopic (exact) mass is 333 g/mol. The van der Waals surface area contributed by atoms with Crippen molar-refractivity contribution >= 4 is 23.0 Å². The van der Waals surface area contributed by atoms with Gasteiger partial charge in [0.2, 0.25) is 0 Å². The lowest BCUT2D eigenvalue weighted by atomic mass is 10.3. The number of para-hydroxylation sites is 1. The third-order valence-corrected chi connectivity index (χ3v) is 3.52. The first-order valence-electron chi connectivity index (χ1n) is 6.55. The molecule has 0 saturated carbocycles. The van der Waals surface area contributed by atoms with Crippen LogP contribution in [0.25, 0.3) is 0 Å². The number of aromatic nitrogens is 2. The summed E-state index contributed by atoms with van der Waals surface area (Å²) in [6, 6.07) is 10.5. The van der Waals surface area contributed by atoms with Gasteiger partial charge in [0.05, 0.1) is 0 Å². The first kappa shape index (κ1) is 16.5. The summed E-state index contributed by atoms with van der Waals surface area (Å²) in [6.07, 6.45) is 0. The molecule has 0 atom stereocenters. The second-order valence-electron chi connectivity index (χ2n) is 4.52. The van der Waals surface area contributed by atoms with Gasteiger partial charge in [0.25, 0.3) is 11.5 Å². The van der Waals surface area contributed by atoms with Crippen LogP contribution in [-0.2, 0) is 14.1 Å². The van der Waals surface area contributed by atoms with Gasteiger partial charge in [-0.05, 0) is 23.5 Å². The average molecular weight is 333 g/mol. The van der Waals surface area contributed by atoms with Gasteiger partial charge in [-0.1, -0.05) is 18.2 Å². The number of amides is 1. The van der Waals surface area contributed by atoms with Gasteiger partial charge in [-0.2, -0.15) is 5.43 Å². The largest absolute Gasteiger partial charge is 0.331 e. The van der Waals surface area contributed by atoms with Crippen LogP contribution in [0, 0.1) is 5.31 Å². The van der Waals surface area contributed by atoms with Gasteiger partial charge in [0, 0.05) is 31.2 Å². The van der Waals surface area contributed by atoms with Crippen molar-refractivity contribution in [2.45, 2.75) is 0 Å². The fourth-order valence-electron chi connectivity index (χ4n) is 1.71. The number of benzene rings is 1. The maximum absolute atomic E-state index is 12.0. The highest BCUT2D eigenvalue weighted by molar-refractivity contribution is 7.90. The molecule has 0 saturated heterocycles. The summed E-state index contributed by atoms with van der Waals surface area (Å²) < 4.78 is 4.99. The van der Waals surface area contributed by atoms with Crippen LogP contribution in [0.1, 0.15) is 10.5 Å². The molecule has 0 aliphatic heterocycles. The first-order valence-corrected chi connectivity index (χ1v) is 7.36. The lowest BCUT2D eigenvalue weighted by Gasteiger charge is -2.08. The Morgan fingerprint density at radius 3 is 2.52 bits per heavy atom. The van der Waals surface area contributed by atoms with E-state index in [9.17, 15) is 14.4 Å². The predicted octanol–water partition coefficient (Wildman–Crippen LogP) is -0.00460. The van der Waals surface area contributed by atoms with E-state index >= 15 is 0 Å². The number of hydrazine groups is 1. The molecule has 0 aliphatic rings. The highest BCUT2D eigenvalue weighted by atomic mass is 32.1. The molecule has 0 aliphatic carbocycles. The number of anilines is 1. The van der Waals surface area contributed by atoms with Crippen molar-refractivity contribution in [2.75, 3.05) is 4.72 Å². The number of nitrogens with zero attached hydrogens (tertiary/aromatic N) is 2. The van der Waals surface area contributed by atoms with E-state index < -0.39 is 17.2 Å². The van der Waals surface area contributed by atoms with Gasteiger partial charge in [-0.25, -0.2) is 4.79 Å². The van der Waals surface area contributed by atoms with Crippen molar-refractivity contribution in [3.63, 3.8) is 0 Å². The number of nitrogens with one attached hydrogen (secondary N) is 3. The van der Waals surface area contributed by atoms with Gasteiger partial charge in [-0.15, -0.1) is 0 Å². The summed E-state index contributed by atoms with van der Waals surface area (Å²) in [5, 5.41) is 2.65. The molecule has 8 nitrogen and oxygen atoms in total. The molecule has 1 aromatic heterocycles. The Hall–Kier alpha value is -2.87. The smallest absolute Gasteiger partial charge is 0.304 e. The van der Waals surface area contributed by atoms with E-state index in [1.165, 1.54) is 14.1 Å². The van der Waals surface area contributed by atoms with Crippen LogP contribution in [0.4, 0.5) is 5.69 Å². The Kier molecular flexibility index (Phi) is 5.32. The second-order valence-corrected chi connectivity index (χ2v) is 5.13. The summed E-state index contributed by atoms with van der Waals surface area (Å²) in [5.41, 5.74) is 4.50. The quantitative estimate of drug-likeness (QED) is 0.417. The minimum absolute atomic E-state index is 0.0478. The molecule has 0 bridgehead atoms. The van der Waals surface area contributed by atoms with E-state index in [-0.39, 0.29) is 5.69 Å². The fourth-order valence-corrected chi connectivity index (χ4v) is 2.12. The third-order valence-electron chi connectivity index (χ3n) is 2.98. The first-order chi connectivity index (χ1) is 11.0. The maximum Gasteiger partial charge on any atom is 0.331 e. The Labute approximate surface area is 135 Å². The Balaban J connectivity index is 1.99. The zero-order valence-electron chi connectivity index (χ0n) is 12.5. The summed E-state index contributed by atoms with van der Waals surface area (Å²) in [5.74, 6) is -0.616. The maximum atomic E-state index is 12.0. The van der Waals surface area contributed by atoms with Gasteiger partial charge < -0.3 is 4.72 Å². The summed E-state index contributed by atoms with van der Waals surface area (Å²) in [7, 11) is 2.76. The topological polar surface area (TPSA) is 97.2 Å². The highest BCUT2D eigenvalue weighted by Crippen LogP contribution is 2.05. The number of carbonyl (C=O) groups is 1. The van der Waals surface area contributed by atoms with Gasteiger partial charge in [0.1, 0.15) is 5.69 Å². The molecule has 0 fully saturated rings. The predicted molar refractivity (Wildman–Crippen MR) is 89.1 cm³/mol. The molecular formula is C14H15N5O3S. The van der Waals surface area contributed by atoms with Crippen molar-refractivity contribution < 1.29 is 4.79 Å². The minimum Gasteiger partial charge on any atom is -0.304 e. The third kappa shape index (κ3) is 4.07. The van der Waals surface area contributed by atoms with Crippen molar-refractivity contribution in [1.29, 1.82) is 0 Å². The molecule has 2 rings (SSSR count). The van der Waals surface area contributed by atoms with E-state index in [0.717, 1.165) is 32.2 Å². The Morgan fingerprint density at radius 1 is 1.13 bits per heavy atom. The zero-order valence-corrected chi connectivity index (χ0v) is 13.3. The van der Waals surface area contributed by atoms with Gasteiger partial charge in [0.15, 0.2) is 0 Å². The molecule has 1 amide bonds. The number of rotatable bonds is 3. The van der Waals surface area contributed by atoms with Crippen LogP contribution in [-0.4, -0.2) is 15.0 Å². The van der Waals surface area contributed by atoms with Crippen molar-refractivity contribution in [3.8, 4) is 5.31 Å².